The highest BCUT2D eigenvalue weighted by Gasteiger charge is 2.31. The number of hydrogen-bond donors (Lipinski definition) is 1. The van der Waals surface area contributed by atoms with E-state index in [9.17, 15) is 22.4 Å². The first kappa shape index (κ1) is 21.4. The first-order valence-electron chi connectivity index (χ1n) is 10.0. The van der Waals surface area contributed by atoms with E-state index in [-0.39, 0.29) is 29.4 Å². The van der Waals surface area contributed by atoms with Crippen molar-refractivity contribution in [2.75, 3.05) is 5.32 Å². The number of nitrogens with zero attached hydrogens (tertiary/aromatic N) is 4. The topological polar surface area (TPSA) is 77.9 Å². The second-order valence-corrected chi connectivity index (χ2v) is 7.35. The van der Waals surface area contributed by atoms with Gasteiger partial charge in [-0.3, -0.25) is 10.1 Å². The van der Waals surface area contributed by atoms with Gasteiger partial charge in [-0.25, -0.2) is 14.1 Å². The van der Waals surface area contributed by atoms with E-state index < -0.39 is 23.5 Å². The van der Waals surface area contributed by atoms with Crippen LogP contribution in [-0.4, -0.2) is 25.2 Å². The summed E-state index contributed by atoms with van der Waals surface area (Å²) in [7, 11) is 0. The van der Waals surface area contributed by atoms with Crippen LogP contribution in [0.15, 0.2) is 77.5 Å². The lowest BCUT2D eigenvalue weighted by atomic mass is 10.2. The van der Waals surface area contributed by atoms with Crippen molar-refractivity contribution in [2.45, 2.75) is 12.7 Å². The molecule has 0 fully saturated rings. The van der Waals surface area contributed by atoms with Crippen molar-refractivity contribution in [3.63, 3.8) is 0 Å². The van der Waals surface area contributed by atoms with Crippen molar-refractivity contribution in [3.05, 3.63) is 96.0 Å². The molecule has 0 unspecified atom stereocenters. The molecule has 5 rings (SSSR count). The van der Waals surface area contributed by atoms with Crippen molar-refractivity contribution in [1.82, 2.24) is 19.3 Å². The molecule has 11 heteroatoms. The zero-order valence-electron chi connectivity index (χ0n) is 17.3. The lowest BCUT2D eigenvalue weighted by molar-refractivity contribution is -0.137. The minimum atomic E-state index is -4.54. The first-order chi connectivity index (χ1) is 16.3. The quantitative estimate of drug-likeness (QED) is 0.356. The van der Waals surface area contributed by atoms with Crippen molar-refractivity contribution >= 4 is 22.9 Å². The molecular formula is C23H15F4N5O2. The summed E-state index contributed by atoms with van der Waals surface area (Å²) in [6.45, 7) is 0.119. The molecule has 0 saturated carbocycles. The second kappa shape index (κ2) is 8.18. The van der Waals surface area contributed by atoms with Crippen LogP contribution in [0.25, 0.3) is 16.7 Å². The van der Waals surface area contributed by atoms with Crippen LogP contribution in [0.2, 0.25) is 0 Å². The van der Waals surface area contributed by atoms with E-state index in [1.165, 1.54) is 52.0 Å². The number of imidazole rings is 1. The van der Waals surface area contributed by atoms with E-state index in [0.717, 1.165) is 12.1 Å². The summed E-state index contributed by atoms with van der Waals surface area (Å²) >= 11 is 0. The van der Waals surface area contributed by atoms with Crippen LogP contribution in [-0.2, 0) is 12.7 Å². The molecule has 0 radical (unpaired) electrons. The molecule has 7 nitrogen and oxygen atoms in total. The molecule has 5 aromatic rings. The van der Waals surface area contributed by atoms with Gasteiger partial charge in [0.1, 0.15) is 17.3 Å². The minimum Gasteiger partial charge on any atom is -0.467 e. The lowest BCUT2D eigenvalue weighted by Gasteiger charge is -2.09. The largest absolute Gasteiger partial charge is 0.467 e. The monoisotopic (exact) mass is 469 g/mol. The number of carbonyl (C=O) groups is 1. The SMILES string of the molecule is O=C(Nc1nc2cc(C(F)(F)F)ccc2n1Cc1ccco1)c1ccn(-c2ccccc2F)n1. The summed E-state index contributed by atoms with van der Waals surface area (Å²) in [5.74, 6) is -0.657. The van der Waals surface area contributed by atoms with Crippen molar-refractivity contribution in [2.24, 2.45) is 0 Å². The van der Waals surface area contributed by atoms with Crippen LogP contribution >= 0.6 is 0 Å². The van der Waals surface area contributed by atoms with E-state index >= 15 is 0 Å². The number of para-hydroxylation sites is 1. The third-order valence-corrected chi connectivity index (χ3v) is 5.12. The van der Waals surface area contributed by atoms with E-state index in [1.54, 1.807) is 18.2 Å². The van der Waals surface area contributed by atoms with Gasteiger partial charge in [-0.1, -0.05) is 12.1 Å². The average Bonchev–Trinajstić information content (AvgIpc) is 3.54. The first-order valence-corrected chi connectivity index (χ1v) is 10.0. The number of rotatable bonds is 5. The molecule has 0 aliphatic rings. The van der Waals surface area contributed by atoms with Crippen molar-refractivity contribution in [1.29, 1.82) is 0 Å². The zero-order chi connectivity index (χ0) is 23.9. The third-order valence-electron chi connectivity index (χ3n) is 5.12. The molecule has 172 valence electrons. The summed E-state index contributed by atoms with van der Waals surface area (Å²) in [4.78, 5) is 17.1. The van der Waals surface area contributed by atoms with Crippen LogP contribution in [0, 0.1) is 5.82 Å². The molecule has 0 bridgehead atoms. The van der Waals surface area contributed by atoms with Crippen LogP contribution < -0.4 is 5.32 Å². The summed E-state index contributed by atoms with van der Waals surface area (Å²) in [6.07, 6.45) is -1.65. The van der Waals surface area contributed by atoms with E-state index in [2.05, 4.69) is 15.4 Å². The van der Waals surface area contributed by atoms with Crippen molar-refractivity contribution in [3.8, 4) is 5.69 Å². The Morgan fingerprint density at radius 3 is 2.62 bits per heavy atom. The Kier molecular flexibility index (Phi) is 5.16. The van der Waals surface area contributed by atoms with Gasteiger partial charge in [-0.15, -0.1) is 0 Å². The maximum atomic E-state index is 14.0. The Labute approximate surface area is 189 Å². The summed E-state index contributed by atoms with van der Waals surface area (Å²) in [5, 5.41) is 6.69. The van der Waals surface area contributed by atoms with Gasteiger partial charge in [0, 0.05) is 6.20 Å². The number of aromatic nitrogens is 4. The average molecular weight is 469 g/mol. The Bertz CT molecular complexity index is 1490. The minimum absolute atomic E-state index is 0.0103. The maximum absolute atomic E-state index is 14.0. The number of fused-ring (bicyclic) bond motifs is 1. The Hall–Kier alpha value is -4.41. The number of furan rings is 1. The third kappa shape index (κ3) is 4.03. The number of amides is 1. The van der Waals surface area contributed by atoms with Gasteiger partial charge in [-0.2, -0.15) is 18.3 Å². The molecule has 0 aliphatic carbocycles. The van der Waals surface area contributed by atoms with Crippen LogP contribution in [0.3, 0.4) is 0 Å². The molecule has 0 atom stereocenters. The van der Waals surface area contributed by atoms with Gasteiger partial charge in [0.25, 0.3) is 5.91 Å². The lowest BCUT2D eigenvalue weighted by Crippen LogP contribution is -2.17. The van der Waals surface area contributed by atoms with E-state index in [0.29, 0.717) is 11.3 Å². The fourth-order valence-electron chi connectivity index (χ4n) is 3.50. The molecule has 3 heterocycles. The number of alkyl halides is 3. The fourth-order valence-corrected chi connectivity index (χ4v) is 3.50. The molecule has 1 N–H and O–H groups in total. The highest BCUT2D eigenvalue weighted by atomic mass is 19.4. The fraction of sp³-hybridized carbons (Fsp3) is 0.0870. The maximum Gasteiger partial charge on any atom is 0.416 e. The molecule has 0 saturated heterocycles. The number of hydrogen-bond acceptors (Lipinski definition) is 4. The molecular weight excluding hydrogens is 454 g/mol. The van der Waals surface area contributed by atoms with Gasteiger partial charge in [0.15, 0.2) is 5.69 Å². The Balaban J connectivity index is 1.50. The van der Waals surface area contributed by atoms with Crippen molar-refractivity contribution < 1.29 is 26.8 Å². The number of nitrogens with one attached hydrogen (secondary N) is 1. The van der Waals surface area contributed by atoms with Gasteiger partial charge in [0.05, 0.1) is 29.4 Å². The number of carbonyl (C=O) groups excluding carboxylic acids is 1. The Morgan fingerprint density at radius 2 is 1.88 bits per heavy atom. The molecule has 34 heavy (non-hydrogen) atoms. The number of anilines is 1. The van der Waals surface area contributed by atoms with Gasteiger partial charge in [-0.05, 0) is 48.5 Å². The predicted molar refractivity (Wildman–Crippen MR) is 114 cm³/mol. The Morgan fingerprint density at radius 1 is 1.06 bits per heavy atom. The normalized spacial score (nSPS) is 11.8. The summed E-state index contributed by atoms with van der Waals surface area (Å²) < 4.78 is 61.6. The van der Waals surface area contributed by atoms with E-state index in [4.69, 9.17) is 4.42 Å². The zero-order valence-corrected chi connectivity index (χ0v) is 17.3. The highest BCUT2D eigenvalue weighted by molar-refractivity contribution is 6.02. The molecule has 1 amide bonds. The second-order valence-electron chi connectivity index (χ2n) is 7.35. The van der Waals surface area contributed by atoms with Gasteiger partial charge < -0.3 is 8.98 Å². The number of benzene rings is 2. The number of halogens is 4. The van der Waals surface area contributed by atoms with E-state index in [1.807, 2.05) is 0 Å². The molecule has 2 aromatic carbocycles. The highest BCUT2D eigenvalue weighted by Crippen LogP contribution is 2.32. The standard InChI is InChI=1S/C23H15F4N5O2/c24-16-5-1-2-6-19(16)32-10-9-17(30-32)21(33)29-22-28-18-12-14(23(25,26)27)7-8-20(18)31(22)13-15-4-3-11-34-15/h1-12H,13H2,(H,28,29,33). The van der Waals surface area contributed by atoms with Gasteiger partial charge in [0.2, 0.25) is 5.95 Å². The molecule has 3 aromatic heterocycles. The summed E-state index contributed by atoms with van der Waals surface area (Å²) in [6, 6.07) is 13.8. The molecule has 0 spiro atoms. The predicted octanol–water partition coefficient (Wildman–Crippen LogP) is 5.27. The van der Waals surface area contributed by atoms with Crippen LogP contribution in [0.1, 0.15) is 21.8 Å². The smallest absolute Gasteiger partial charge is 0.416 e. The van der Waals surface area contributed by atoms with Crippen LogP contribution in [0.5, 0.6) is 0 Å². The summed E-state index contributed by atoms with van der Waals surface area (Å²) in [5.41, 5.74) is -0.309. The van der Waals surface area contributed by atoms with Gasteiger partial charge >= 0.3 is 6.18 Å². The molecule has 0 aliphatic heterocycles. The van der Waals surface area contributed by atoms with Crippen LogP contribution in [0.4, 0.5) is 23.5 Å².